The van der Waals surface area contributed by atoms with Gasteiger partial charge in [-0.25, -0.2) is 19.6 Å². The van der Waals surface area contributed by atoms with Gasteiger partial charge in [-0.3, -0.25) is 4.79 Å². The van der Waals surface area contributed by atoms with Crippen molar-refractivity contribution in [3.63, 3.8) is 0 Å². The quantitative estimate of drug-likeness (QED) is 0.271. The summed E-state index contributed by atoms with van der Waals surface area (Å²) in [6.45, 7) is 14.6. The van der Waals surface area contributed by atoms with E-state index in [-0.39, 0.29) is 19.0 Å². The number of likely N-dealkylation sites (tertiary alicyclic amines) is 1. The van der Waals surface area contributed by atoms with Gasteiger partial charge in [0.05, 0.1) is 24.9 Å². The van der Waals surface area contributed by atoms with Crippen LogP contribution in [0, 0.1) is 5.41 Å². The summed E-state index contributed by atoms with van der Waals surface area (Å²) < 4.78 is 17.3. The van der Waals surface area contributed by atoms with Gasteiger partial charge in [-0.15, -0.1) is 11.3 Å². The molecular weight excluding hydrogens is 598 g/mol. The number of carboxylic acid groups (broad SMARTS) is 1. The Labute approximate surface area is 267 Å². The van der Waals surface area contributed by atoms with Gasteiger partial charge in [-0.1, -0.05) is 20.8 Å². The van der Waals surface area contributed by atoms with E-state index in [4.69, 9.17) is 19.2 Å². The number of hydrogen-bond donors (Lipinski definition) is 3. The van der Waals surface area contributed by atoms with Crippen molar-refractivity contribution in [3.8, 4) is 22.9 Å². The van der Waals surface area contributed by atoms with Crippen LogP contribution in [0.25, 0.3) is 22.3 Å². The zero-order chi connectivity index (χ0) is 33.3. The molecule has 0 saturated carbocycles. The lowest BCUT2D eigenvalue weighted by atomic mass is 9.85. The molecule has 3 N–H and O–H groups in total. The number of thiazole rings is 1. The van der Waals surface area contributed by atoms with E-state index in [0.29, 0.717) is 33.8 Å². The molecule has 3 atom stereocenters. The fraction of sp³-hybridized carbons (Fsp3) is 0.531. The van der Waals surface area contributed by atoms with Gasteiger partial charge in [0.25, 0.3) is 0 Å². The highest BCUT2D eigenvalue weighted by atomic mass is 32.1. The maximum atomic E-state index is 13.9. The van der Waals surface area contributed by atoms with Gasteiger partial charge < -0.3 is 34.9 Å². The predicted molar refractivity (Wildman–Crippen MR) is 173 cm³/mol. The molecule has 3 aromatic rings. The van der Waals surface area contributed by atoms with Crippen LogP contribution in [0.15, 0.2) is 29.6 Å². The summed E-state index contributed by atoms with van der Waals surface area (Å²) in [5, 5.41) is 19.5. The summed E-state index contributed by atoms with van der Waals surface area (Å²) in [6.07, 6.45) is -1.35. The summed E-state index contributed by atoms with van der Waals surface area (Å²) in [7, 11) is 1.57. The Hall–Kier alpha value is -4.13. The number of pyridine rings is 1. The number of carbonyl (C=O) groups excluding carboxylic acids is 2. The molecule has 4 rings (SSSR count). The molecule has 1 aliphatic heterocycles. The van der Waals surface area contributed by atoms with Gasteiger partial charge in [-0.2, -0.15) is 0 Å². The van der Waals surface area contributed by atoms with Gasteiger partial charge in [0.15, 0.2) is 5.13 Å². The number of carboxylic acids is 1. The van der Waals surface area contributed by atoms with Crippen LogP contribution in [0.5, 0.6) is 11.5 Å². The third-order valence-electron chi connectivity index (χ3n) is 7.06. The summed E-state index contributed by atoms with van der Waals surface area (Å²) in [5.41, 5.74) is 0.345. The number of carbonyl (C=O) groups is 3. The average Bonchev–Trinajstić information content (AvgIpc) is 3.56. The molecule has 0 unspecified atom stereocenters. The van der Waals surface area contributed by atoms with Crippen molar-refractivity contribution >= 4 is 45.3 Å². The maximum absolute atomic E-state index is 13.9. The smallest absolute Gasteiger partial charge is 0.408 e. The highest BCUT2D eigenvalue weighted by molar-refractivity contribution is 7.14. The Balaban J connectivity index is 1.65. The van der Waals surface area contributed by atoms with Crippen LogP contribution in [-0.4, -0.2) is 81.4 Å². The normalized spacial score (nSPS) is 17.7. The minimum atomic E-state index is -1.16. The Morgan fingerprint density at radius 3 is 2.38 bits per heavy atom. The van der Waals surface area contributed by atoms with Crippen LogP contribution in [0.2, 0.25) is 0 Å². The second-order valence-corrected chi connectivity index (χ2v) is 14.3. The van der Waals surface area contributed by atoms with Crippen molar-refractivity contribution < 1.29 is 33.7 Å². The number of nitrogens with zero attached hydrogens (tertiary/aromatic N) is 3. The molecule has 0 bridgehead atoms. The van der Waals surface area contributed by atoms with E-state index in [1.807, 2.05) is 25.3 Å². The summed E-state index contributed by atoms with van der Waals surface area (Å²) >= 11 is 1.47. The van der Waals surface area contributed by atoms with E-state index in [9.17, 15) is 19.5 Å². The number of methoxy groups -OCH3 is 1. The van der Waals surface area contributed by atoms with Gasteiger partial charge in [-0.05, 0) is 52.2 Å². The first-order valence-electron chi connectivity index (χ1n) is 14.9. The summed E-state index contributed by atoms with van der Waals surface area (Å²) in [4.78, 5) is 49.7. The van der Waals surface area contributed by atoms with Crippen molar-refractivity contribution in [1.82, 2.24) is 20.2 Å². The monoisotopic (exact) mass is 641 g/mol. The largest absolute Gasteiger partial charge is 0.497 e. The van der Waals surface area contributed by atoms with Crippen molar-refractivity contribution in [2.75, 3.05) is 19.0 Å². The van der Waals surface area contributed by atoms with Crippen LogP contribution in [0.1, 0.15) is 61.8 Å². The molecule has 244 valence electrons. The highest BCUT2D eigenvalue weighted by Crippen LogP contribution is 2.36. The molecule has 2 aromatic heterocycles. The van der Waals surface area contributed by atoms with Crippen LogP contribution in [-0.2, 0) is 14.3 Å². The predicted octanol–water partition coefficient (Wildman–Crippen LogP) is 5.56. The molecule has 0 spiro atoms. The third-order valence-corrected chi connectivity index (χ3v) is 7.83. The van der Waals surface area contributed by atoms with Crippen LogP contribution >= 0.6 is 11.3 Å². The topological polar surface area (TPSA) is 152 Å². The number of amides is 2. The number of alkyl carbamates (subject to hydrolysis) is 1. The SMILES string of the molecule is COc1ccc2c(O[C@@H]3C[C@@H](C(=O)O)N(C(=O)[C@@H](NC(=O)OC(C)(C)C)C(C)(C)C)C3)cc(-c3csc(NC(C)C)n3)nc2c1. The van der Waals surface area contributed by atoms with Gasteiger partial charge in [0, 0.05) is 35.4 Å². The maximum Gasteiger partial charge on any atom is 0.408 e. The molecule has 2 amide bonds. The number of nitrogens with one attached hydrogen (secondary N) is 2. The van der Waals surface area contributed by atoms with Gasteiger partial charge in [0.2, 0.25) is 5.91 Å². The van der Waals surface area contributed by atoms with E-state index >= 15 is 0 Å². The second-order valence-electron chi connectivity index (χ2n) is 13.5. The van der Waals surface area contributed by atoms with Crippen LogP contribution < -0.4 is 20.1 Å². The Kier molecular flexibility index (Phi) is 9.81. The van der Waals surface area contributed by atoms with Crippen molar-refractivity contribution in [2.24, 2.45) is 5.41 Å². The number of benzene rings is 1. The number of aromatic nitrogens is 2. The van der Waals surface area contributed by atoms with Crippen molar-refractivity contribution in [1.29, 1.82) is 0 Å². The van der Waals surface area contributed by atoms with Crippen molar-refractivity contribution in [2.45, 2.75) is 91.6 Å². The van der Waals surface area contributed by atoms with E-state index in [1.54, 1.807) is 66.9 Å². The molecule has 45 heavy (non-hydrogen) atoms. The van der Waals surface area contributed by atoms with Gasteiger partial charge >= 0.3 is 12.1 Å². The second kappa shape index (κ2) is 13.1. The number of anilines is 1. The Bertz CT molecular complexity index is 1560. The highest BCUT2D eigenvalue weighted by Gasteiger charge is 2.46. The first kappa shape index (κ1) is 33.8. The molecule has 1 aliphatic rings. The van der Waals surface area contributed by atoms with Crippen LogP contribution in [0.3, 0.4) is 0 Å². The Morgan fingerprint density at radius 2 is 1.78 bits per heavy atom. The zero-order valence-electron chi connectivity index (χ0n) is 27.3. The molecule has 1 aromatic carbocycles. The Morgan fingerprint density at radius 1 is 1.07 bits per heavy atom. The zero-order valence-corrected chi connectivity index (χ0v) is 28.1. The van der Waals surface area contributed by atoms with E-state index in [1.165, 1.54) is 16.2 Å². The minimum absolute atomic E-state index is 0.00679. The lowest BCUT2D eigenvalue weighted by Crippen LogP contribution is -2.57. The third kappa shape index (κ3) is 8.33. The fourth-order valence-electron chi connectivity index (χ4n) is 5.02. The van der Waals surface area contributed by atoms with E-state index in [2.05, 4.69) is 15.6 Å². The van der Waals surface area contributed by atoms with E-state index < -0.39 is 47.2 Å². The average molecular weight is 642 g/mol. The lowest BCUT2D eigenvalue weighted by Gasteiger charge is -2.35. The molecule has 12 nitrogen and oxygen atoms in total. The van der Waals surface area contributed by atoms with Gasteiger partial charge in [0.1, 0.15) is 41.0 Å². The first-order chi connectivity index (χ1) is 20.9. The molecular formula is C32H43N5O7S. The van der Waals surface area contributed by atoms with E-state index in [0.717, 1.165) is 5.13 Å². The molecule has 0 radical (unpaired) electrons. The molecule has 3 heterocycles. The number of aliphatic carboxylic acids is 1. The summed E-state index contributed by atoms with van der Waals surface area (Å²) in [6, 6.07) is 5.24. The summed E-state index contributed by atoms with van der Waals surface area (Å²) in [5.74, 6) is -0.582. The first-order valence-corrected chi connectivity index (χ1v) is 15.7. The molecule has 1 fully saturated rings. The van der Waals surface area contributed by atoms with Crippen molar-refractivity contribution in [3.05, 3.63) is 29.6 Å². The molecule has 13 heteroatoms. The van der Waals surface area contributed by atoms with Crippen LogP contribution in [0.4, 0.5) is 9.93 Å². The number of hydrogen-bond acceptors (Lipinski definition) is 10. The number of fused-ring (bicyclic) bond motifs is 1. The fourth-order valence-corrected chi connectivity index (χ4v) is 5.87. The number of ether oxygens (including phenoxy) is 3. The lowest BCUT2D eigenvalue weighted by molar-refractivity contribution is -0.150. The molecule has 1 saturated heterocycles. The number of rotatable bonds is 9. The minimum Gasteiger partial charge on any atom is -0.497 e. The molecule has 0 aliphatic carbocycles. The standard InChI is InChI=1S/C32H43N5O7S/c1-17(2)33-29-35-23(16-45-29)22-14-25(20-11-10-18(42-9)12-21(20)34-22)43-19-13-24(28(39)40)37(15-19)27(38)26(31(3,4)5)36-30(41)44-32(6,7)8/h10-12,14,16-17,19,24,26H,13,15H2,1-9H3,(H,33,35)(H,36,41)(H,39,40)/t19-,24+,26-/m1/s1.